The maximum atomic E-state index is 10.3. The molecule has 1 aliphatic carbocycles. The van der Waals surface area contributed by atoms with Crippen LogP contribution in [0.2, 0.25) is 0 Å². The first-order valence-corrected chi connectivity index (χ1v) is 8.37. The van der Waals surface area contributed by atoms with Crippen LogP contribution < -0.4 is 4.90 Å². The molecule has 0 spiro atoms. The predicted octanol–water partition coefficient (Wildman–Crippen LogP) is 2.29. The maximum Gasteiger partial charge on any atom is 0.185 e. The molecule has 1 atom stereocenters. The quantitative estimate of drug-likeness (QED) is 0.863. The van der Waals surface area contributed by atoms with E-state index in [9.17, 15) is 5.11 Å². The molecule has 2 heterocycles. The third kappa shape index (κ3) is 2.85. The van der Waals surface area contributed by atoms with Crippen LogP contribution in [0, 0.1) is 5.41 Å². The zero-order valence-electron chi connectivity index (χ0n) is 12.7. The summed E-state index contributed by atoms with van der Waals surface area (Å²) < 4.78 is 0. The fraction of sp³-hybridized carbons (Fsp3) is 0.800. The summed E-state index contributed by atoms with van der Waals surface area (Å²) in [5.41, 5.74) is 1.29. The highest BCUT2D eigenvalue weighted by Crippen LogP contribution is 2.44. The minimum atomic E-state index is -0.324. The van der Waals surface area contributed by atoms with E-state index >= 15 is 0 Å². The highest BCUT2D eigenvalue weighted by Gasteiger charge is 2.34. The van der Waals surface area contributed by atoms with Crippen molar-refractivity contribution >= 4 is 16.5 Å². The van der Waals surface area contributed by atoms with Gasteiger partial charge in [-0.1, -0.05) is 25.2 Å². The zero-order chi connectivity index (χ0) is 14.3. The average Bonchev–Trinajstić information content (AvgIpc) is 2.63. The summed E-state index contributed by atoms with van der Waals surface area (Å²) in [7, 11) is 2.18. The lowest BCUT2D eigenvalue weighted by Gasteiger charge is -2.31. The van der Waals surface area contributed by atoms with Crippen molar-refractivity contribution in [2.24, 2.45) is 5.41 Å². The first kappa shape index (κ1) is 14.3. The summed E-state index contributed by atoms with van der Waals surface area (Å²) in [6.45, 7) is 8.83. The molecule has 1 aliphatic heterocycles. The van der Waals surface area contributed by atoms with Crippen LogP contribution in [0.15, 0.2) is 0 Å². The molecule has 0 radical (unpaired) electrons. The molecule has 0 aromatic carbocycles. The van der Waals surface area contributed by atoms with Crippen molar-refractivity contribution in [3.8, 4) is 0 Å². The van der Waals surface area contributed by atoms with Gasteiger partial charge >= 0.3 is 0 Å². The Morgan fingerprint density at radius 3 is 2.85 bits per heavy atom. The fourth-order valence-corrected chi connectivity index (χ4v) is 4.37. The monoisotopic (exact) mass is 295 g/mol. The van der Waals surface area contributed by atoms with E-state index in [0.29, 0.717) is 0 Å². The van der Waals surface area contributed by atoms with Crippen molar-refractivity contribution in [3.63, 3.8) is 0 Å². The number of aliphatic hydroxyl groups excluding tert-OH is 1. The van der Waals surface area contributed by atoms with Crippen LogP contribution in [0.25, 0.3) is 0 Å². The van der Waals surface area contributed by atoms with Crippen LogP contribution in [-0.2, 0) is 6.42 Å². The van der Waals surface area contributed by atoms with E-state index in [1.165, 1.54) is 6.42 Å². The van der Waals surface area contributed by atoms with Gasteiger partial charge in [-0.2, -0.15) is 0 Å². The molecule has 0 bridgehead atoms. The van der Waals surface area contributed by atoms with E-state index in [-0.39, 0.29) is 11.5 Å². The van der Waals surface area contributed by atoms with Gasteiger partial charge in [-0.3, -0.25) is 0 Å². The number of hydrogen-bond donors (Lipinski definition) is 1. The fourth-order valence-electron chi connectivity index (χ4n) is 3.25. The van der Waals surface area contributed by atoms with Crippen molar-refractivity contribution in [3.05, 3.63) is 10.6 Å². The van der Waals surface area contributed by atoms with Gasteiger partial charge in [-0.15, -0.1) is 0 Å². The molecule has 0 amide bonds. The van der Waals surface area contributed by atoms with Crippen molar-refractivity contribution in [1.29, 1.82) is 0 Å². The smallest absolute Gasteiger partial charge is 0.185 e. The molecule has 4 nitrogen and oxygen atoms in total. The molecule has 0 saturated carbocycles. The third-order valence-electron chi connectivity index (χ3n) is 4.40. The minimum absolute atomic E-state index is 0.163. The molecular formula is C15H25N3OS. The molecule has 1 saturated heterocycles. The molecule has 1 N–H and O–H groups in total. The van der Waals surface area contributed by atoms with E-state index < -0.39 is 0 Å². The van der Waals surface area contributed by atoms with Gasteiger partial charge < -0.3 is 14.9 Å². The topological polar surface area (TPSA) is 39.6 Å². The van der Waals surface area contributed by atoms with Crippen LogP contribution >= 0.6 is 11.3 Å². The number of hydrogen-bond acceptors (Lipinski definition) is 5. The lowest BCUT2D eigenvalue weighted by molar-refractivity contribution is 0.102. The Balaban J connectivity index is 1.82. The second kappa shape index (κ2) is 5.28. The highest BCUT2D eigenvalue weighted by molar-refractivity contribution is 7.15. The van der Waals surface area contributed by atoms with E-state index in [1.54, 1.807) is 11.3 Å². The minimum Gasteiger partial charge on any atom is -0.387 e. The van der Waals surface area contributed by atoms with Crippen LogP contribution in [0.5, 0.6) is 0 Å². The highest BCUT2D eigenvalue weighted by atomic mass is 32.1. The molecule has 1 unspecified atom stereocenters. The number of rotatable bonds is 1. The molecule has 1 aromatic rings. The first-order chi connectivity index (χ1) is 9.44. The Kier molecular flexibility index (Phi) is 3.77. The normalized spacial score (nSPS) is 27.2. The first-order valence-electron chi connectivity index (χ1n) is 7.56. The van der Waals surface area contributed by atoms with Crippen molar-refractivity contribution in [2.75, 3.05) is 38.1 Å². The molecule has 1 aromatic heterocycles. The molecular weight excluding hydrogens is 270 g/mol. The van der Waals surface area contributed by atoms with Crippen molar-refractivity contribution in [1.82, 2.24) is 9.88 Å². The third-order valence-corrected chi connectivity index (χ3v) is 5.66. The maximum absolute atomic E-state index is 10.3. The molecule has 2 aliphatic rings. The SMILES string of the molecule is CN1CCCN(c2nc3c(s2)C(O)CC(C)(C)C3)CC1. The Morgan fingerprint density at radius 2 is 2.05 bits per heavy atom. The standard InChI is InChI=1S/C15H25N3OS/c1-15(2)9-11-13(12(19)10-15)20-14(16-11)18-6-4-5-17(3)7-8-18/h12,19H,4-10H2,1-3H3. The molecule has 1 fully saturated rings. The van der Waals surface area contributed by atoms with E-state index in [0.717, 1.165) is 54.7 Å². The van der Waals surface area contributed by atoms with Crippen LogP contribution in [0.4, 0.5) is 5.13 Å². The number of likely N-dealkylation sites (N-methyl/N-ethyl adjacent to an activating group) is 1. The van der Waals surface area contributed by atoms with Gasteiger partial charge in [0.05, 0.1) is 16.7 Å². The van der Waals surface area contributed by atoms with Crippen LogP contribution in [-0.4, -0.2) is 48.2 Å². The lowest BCUT2D eigenvalue weighted by Crippen LogP contribution is -2.28. The Bertz CT molecular complexity index is 485. The number of aliphatic hydroxyl groups is 1. The molecule has 20 heavy (non-hydrogen) atoms. The molecule has 112 valence electrons. The van der Waals surface area contributed by atoms with Gasteiger partial charge in [-0.05, 0) is 38.3 Å². The molecule has 5 heteroatoms. The second-order valence-corrected chi connectivity index (χ2v) is 8.02. The average molecular weight is 295 g/mol. The molecule has 3 rings (SSSR count). The van der Waals surface area contributed by atoms with Gasteiger partial charge in [0.2, 0.25) is 0 Å². The van der Waals surface area contributed by atoms with Gasteiger partial charge in [-0.25, -0.2) is 4.98 Å². The van der Waals surface area contributed by atoms with Gasteiger partial charge in [0, 0.05) is 19.6 Å². The van der Waals surface area contributed by atoms with Gasteiger partial charge in [0.25, 0.3) is 0 Å². The van der Waals surface area contributed by atoms with Crippen molar-refractivity contribution in [2.45, 2.75) is 39.2 Å². The summed E-state index contributed by atoms with van der Waals surface area (Å²) in [6.07, 6.45) is 2.71. The van der Waals surface area contributed by atoms with E-state index in [2.05, 4.69) is 30.7 Å². The second-order valence-electron chi connectivity index (χ2n) is 7.01. The van der Waals surface area contributed by atoms with E-state index in [4.69, 9.17) is 4.98 Å². The number of aromatic nitrogens is 1. The van der Waals surface area contributed by atoms with Crippen LogP contribution in [0.3, 0.4) is 0 Å². The summed E-state index contributed by atoms with van der Waals surface area (Å²) in [6, 6.07) is 0. The Hall–Kier alpha value is -0.650. The summed E-state index contributed by atoms with van der Waals surface area (Å²) in [5.74, 6) is 0. The number of anilines is 1. The predicted molar refractivity (Wildman–Crippen MR) is 83.5 cm³/mol. The van der Waals surface area contributed by atoms with Gasteiger partial charge in [0.15, 0.2) is 5.13 Å². The largest absolute Gasteiger partial charge is 0.387 e. The lowest BCUT2D eigenvalue weighted by atomic mass is 9.77. The summed E-state index contributed by atoms with van der Waals surface area (Å²) >= 11 is 1.71. The van der Waals surface area contributed by atoms with Gasteiger partial charge in [0.1, 0.15) is 0 Å². The van der Waals surface area contributed by atoms with E-state index in [1.807, 2.05) is 0 Å². The number of thiazole rings is 1. The zero-order valence-corrected chi connectivity index (χ0v) is 13.5. The summed E-state index contributed by atoms with van der Waals surface area (Å²) in [4.78, 5) is 10.7. The Morgan fingerprint density at radius 1 is 1.25 bits per heavy atom. The summed E-state index contributed by atoms with van der Waals surface area (Å²) in [5, 5.41) is 11.5. The van der Waals surface area contributed by atoms with Crippen LogP contribution in [0.1, 0.15) is 43.4 Å². The number of fused-ring (bicyclic) bond motifs is 1. The number of nitrogens with zero attached hydrogens (tertiary/aromatic N) is 3. The Labute approximate surface area is 125 Å². The van der Waals surface area contributed by atoms with Crippen molar-refractivity contribution < 1.29 is 5.11 Å².